The van der Waals surface area contributed by atoms with Gasteiger partial charge in [0.15, 0.2) is 0 Å². The quantitative estimate of drug-likeness (QED) is 0.408. The number of rotatable bonds is 5. The van der Waals surface area contributed by atoms with E-state index < -0.39 is 5.60 Å². The third kappa shape index (κ3) is 5.42. The second-order valence-corrected chi connectivity index (χ2v) is 11.4. The molecule has 8 heteroatoms. The number of methoxy groups -OCH3 is 1. The molecule has 2 aliphatic heterocycles. The fraction of sp³-hybridized carbons (Fsp3) is 0.448. The zero-order valence-electron chi connectivity index (χ0n) is 21.7. The first-order valence-corrected chi connectivity index (χ1v) is 13.1. The van der Waals surface area contributed by atoms with Crippen molar-refractivity contribution in [1.29, 1.82) is 0 Å². The molecule has 5 rings (SSSR count). The van der Waals surface area contributed by atoms with E-state index in [1.807, 2.05) is 62.1 Å². The molecule has 1 amide bonds. The summed E-state index contributed by atoms with van der Waals surface area (Å²) >= 11 is 6.61. The summed E-state index contributed by atoms with van der Waals surface area (Å²) in [5.41, 5.74) is 0.376. The highest BCUT2D eigenvalue weighted by atomic mass is 35.5. The molecule has 0 saturated carbocycles. The van der Waals surface area contributed by atoms with Crippen LogP contribution in [0.3, 0.4) is 0 Å². The minimum absolute atomic E-state index is 0.0541. The molecule has 2 unspecified atom stereocenters. The monoisotopic (exact) mass is 524 g/mol. The molecular weight excluding hydrogens is 492 g/mol. The van der Waals surface area contributed by atoms with Crippen LogP contribution in [-0.4, -0.2) is 46.5 Å². The van der Waals surface area contributed by atoms with Crippen LogP contribution in [0.1, 0.15) is 52.0 Å². The largest absolute Gasteiger partial charge is 0.497 e. The average Bonchev–Trinajstić information content (AvgIpc) is 3.12. The second-order valence-electron chi connectivity index (χ2n) is 11.0. The van der Waals surface area contributed by atoms with Gasteiger partial charge in [-0.25, -0.2) is 4.79 Å². The van der Waals surface area contributed by atoms with E-state index in [0.717, 1.165) is 42.4 Å². The van der Waals surface area contributed by atoms with Crippen molar-refractivity contribution in [2.24, 2.45) is 0 Å². The Hall–Kier alpha value is -3.19. The SMILES string of the molecule is COc1ccc(Cn2ccc3cc(OC4CC5CCC(C4)N5C(=O)OC(C)(C)C)c(Cl)cc3c2=O)cc1. The van der Waals surface area contributed by atoms with E-state index >= 15 is 0 Å². The number of piperidine rings is 1. The predicted molar refractivity (Wildman–Crippen MR) is 144 cm³/mol. The highest BCUT2D eigenvalue weighted by molar-refractivity contribution is 6.32. The maximum atomic E-state index is 13.2. The lowest BCUT2D eigenvalue weighted by Crippen LogP contribution is -2.50. The van der Waals surface area contributed by atoms with E-state index in [4.69, 9.17) is 25.8 Å². The number of fused-ring (bicyclic) bond motifs is 3. The number of hydrogen-bond acceptors (Lipinski definition) is 5. The van der Waals surface area contributed by atoms with Crippen LogP contribution in [0.5, 0.6) is 11.5 Å². The lowest BCUT2D eigenvalue weighted by Gasteiger charge is -2.39. The smallest absolute Gasteiger partial charge is 0.410 e. The molecule has 2 bridgehead atoms. The number of halogens is 1. The Labute approximate surface area is 221 Å². The van der Waals surface area contributed by atoms with Crippen LogP contribution in [0, 0.1) is 0 Å². The number of ether oxygens (including phenoxy) is 3. The van der Waals surface area contributed by atoms with Crippen molar-refractivity contribution in [3.05, 3.63) is 69.6 Å². The van der Waals surface area contributed by atoms with Crippen molar-refractivity contribution in [2.75, 3.05) is 7.11 Å². The third-order valence-electron chi connectivity index (χ3n) is 7.13. The summed E-state index contributed by atoms with van der Waals surface area (Å²) in [6.07, 6.45) is 4.86. The lowest BCUT2D eigenvalue weighted by molar-refractivity contribution is -0.00705. The van der Waals surface area contributed by atoms with E-state index in [0.29, 0.717) is 22.7 Å². The minimum atomic E-state index is -0.518. The van der Waals surface area contributed by atoms with E-state index in [2.05, 4.69) is 0 Å². The normalized spacial score (nSPS) is 21.2. The van der Waals surface area contributed by atoms with Crippen molar-refractivity contribution in [1.82, 2.24) is 9.47 Å². The maximum Gasteiger partial charge on any atom is 0.410 e. The zero-order chi connectivity index (χ0) is 26.3. The predicted octanol–water partition coefficient (Wildman–Crippen LogP) is 6.02. The number of pyridine rings is 1. The van der Waals surface area contributed by atoms with Crippen LogP contribution in [0.25, 0.3) is 10.8 Å². The number of carbonyl (C=O) groups is 1. The van der Waals surface area contributed by atoms with E-state index in [1.54, 1.807) is 23.9 Å². The van der Waals surface area contributed by atoms with Crippen LogP contribution < -0.4 is 15.0 Å². The van der Waals surface area contributed by atoms with Crippen molar-refractivity contribution >= 4 is 28.5 Å². The van der Waals surface area contributed by atoms with Gasteiger partial charge >= 0.3 is 6.09 Å². The molecular formula is C29H33ClN2O5. The molecule has 0 N–H and O–H groups in total. The summed E-state index contributed by atoms with van der Waals surface area (Å²) in [5, 5.41) is 1.74. The molecule has 2 atom stereocenters. The van der Waals surface area contributed by atoms with Crippen molar-refractivity contribution in [3.8, 4) is 11.5 Å². The average molecular weight is 525 g/mol. The standard InChI is InChI=1S/C29H33ClN2O5/c1-29(2,3)37-28(34)32-20-7-8-21(32)15-23(14-20)36-26-13-19-11-12-31(27(33)24(19)16-25(26)30)17-18-5-9-22(35-4)10-6-18/h5-6,9-13,16,20-21,23H,7-8,14-15,17H2,1-4H3. The van der Waals surface area contributed by atoms with Crippen molar-refractivity contribution in [2.45, 2.75) is 76.8 Å². The highest BCUT2D eigenvalue weighted by Crippen LogP contribution is 2.39. The Morgan fingerprint density at radius 2 is 1.73 bits per heavy atom. The van der Waals surface area contributed by atoms with E-state index in [-0.39, 0.29) is 29.8 Å². The third-order valence-corrected chi connectivity index (χ3v) is 7.42. The van der Waals surface area contributed by atoms with E-state index in [1.165, 1.54) is 0 Å². The van der Waals surface area contributed by atoms with Crippen molar-refractivity contribution in [3.63, 3.8) is 0 Å². The Bertz CT molecular complexity index is 1350. The lowest BCUT2D eigenvalue weighted by atomic mass is 10.00. The summed E-state index contributed by atoms with van der Waals surface area (Å²) < 4.78 is 18.9. The summed E-state index contributed by atoms with van der Waals surface area (Å²) in [4.78, 5) is 27.8. The summed E-state index contributed by atoms with van der Waals surface area (Å²) in [6, 6.07) is 13.3. The van der Waals surface area contributed by atoms with E-state index in [9.17, 15) is 9.59 Å². The van der Waals surface area contributed by atoms with Crippen LogP contribution >= 0.6 is 11.6 Å². The molecule has 2 saturated heterocycles. The molecule has 2 fully saturated rings. The molecule has 2 aliphatic rings. The number of hydrogen-bond donors (Lipinski definition) is 0. The highest BCUT2D eigenvalue weighted by Gasteiger charge is 2.45. The molecule has 37 heavy (non-hydrogen) atoms. The number of nitrogens with zero attached hydrogens (tertiary/aromatic N) is 2. The molecule has 3 heterocycles. The first-order chi connectivity index (χ1) is 17.6. The fourth-order valence-electron chi connectivity index (χ4n) is 5.44. The van der Waals surface area contributed by atoms with Gasteiger partial charge in [0.1, 0.15) is 23.2 Å². The van der Waals surface area contributed by atoms with Crippen LogP contribution in [-0.2, 0) is 11.3 Å². The summed E-state index contributed by atoms with van der Waals surface area (Å²) in [5.74, 6) is 1.34. The zero-order valence-corrected chi connectivity index (χ0v) is 22.5. The van der Waals surface area contributed by atoms with Crippen LogP contribution in [0.4, 0.5) is 4.79 Å². The number of aromatic nitrogens is 1. The van der Waals surface area contributed by atoms with Crippen molar-refractivity contribution < 1.29 is 19.0 Å². The van der Waals surface area contributed by atoms with Crippen LogP contribution in [0.15, 0.2) is 53.5 Å². The number of amides is 1. The van der Waals surface area contributed by atoms with Gasteiger partial charge in [-0.05, 0) is 74.9 Å². The van der Waals surface area contributed by atoms with Gasteiger partial charge in [0.25, 0.3) is 5.56 Å². The number of carbonyl (C=O) groups excluding carboxylic acids is 1. The molecule has 3 aromatic rings. The summed E-state index contributed by atoms with van der Waals surface area (Å²) in [7, 11) is 1.63. The van der Waals surface area contributed by atoms with Crippen LogP contribution in [0.2, 0.25) is 5.02 Å². The van der Waals surface area contributed by atoms with Gasteiger partial charge in [0.2, 0.25) is 0 Å². The van der Waals surface area contributed by atoms with Gasteiger partial charge in [0, 0.05) is 36.5 Å². The molecule has 0 radical (unpaired) electrons. The Morgan fingerprint density at radius 1 is 1.05 bits per heavy atom. The molecule has 0 spiro atoms. The molecule has 1 aromatic heterocycles. The first-order valence-electron chi connectivity index (χ1n) is 12.7. The van der Waals surface area contributed by atoms with Gasteiger partial charge in [-0.1, -0.05) is 23.7 Å². The molecule has 2 aromatic carbocycles. The Morgan fingerprint density at radius 3 is 2.35 bits per heavy atom. The maximum absolute atomic E-state index is 13.2. The first kappa shape index (κ1) is 25.5. The number of benzene rings is 2. The Balaban J connectivity index is 1.31. The van der Waals surface area contributed by atoms with Gasteiger partial charge in [-0.3, -0.25) is 4.79 Å². The minimum Gasteiger partial charge on any atom is -0.497 e. The Kier molecular flexibility index (Phi) is 6.84. The molecule has 7 nitrogen and oxygen atoms in total. The summed E-state index contributed by atoms with van der Waals surface area (Å²) in [6.45, 7) is 6.11. The van der Waals surface area contributed by atoms with Gasteiger partial charge in [-0.15, -0.1) is 0 Å². The molecule has 196 valence electrons. The second kappa shape index (κ2) is 9.93. The van der Waals surface area contributed by atoms with Gasteiger partial charge in [-0.2, -0.15) is 0 Å². The molecule has 0 aliphatic carbocycles. The van der Waals surface area contributed by atoms with Gasteiger partial charge < -0.3 is 23.7 Å². The van der Waals surface area contributed by atoms with Gasteiger partial charge in [0.05, 0.1) is 18.7 Å². The fourth-order valence-corrected chi connectivity index (χ4v) is 5.65. The topological polar surface area (TPSA) is 70.0 Å².